The van der Waals surface area contributed by atoms with Crippen LogP contribution in [0.25, 0.3) is 0 Å². The fourth-order valence-electron chi connectivity index (χ4n) is 1.73. The molecule has 0 amide bonds. The van der Waals surface area contributed by atoms with Gasteiger partial charge < -0.3 is 15.1 Å². The molecule has 0 radical (unpaired) electrons. The van der Waals surface area contributed by atoms with Crippen molar-refractivity contribution in [3.05, 3.63) is 29.8 Å². The minimum Gasteiger partial charge on any atom is -0.395 e. The van der Waals surface area contributed by atoms with E-state index in [1.807, 2.05) is 31.2 Å². The van der Waals surface area contributed by atoms with E-state index in [4.69, 9.17) is 5.11 Å². The number of aliphatic hydroxyl groups excluding tert-OH is 2. The molecule has 1 aromatic rings. The van der Waals surface area contributed by atoms with E-state index >= 15 is 0 Å². The molecule has 0 unspecified atom stereocenters. The molecule has 0 bridgehead atoms. The number of hydrogen-bond acceptors (Lipinski definition) is 3. The first-order valence-electron chi connectivity index (χ1n) is 5.86. The largest absolute Gasteiger partial charge is 0.395 e. The molecular weight excluding hydrogens is 202 g/mol. The molecule has 0 saturated carbocycles. The van der Waals surface area contributed by atoms with Crippen LogP contribution in [0.5, 0.6) is 0 Å². The molecule has 90 valence electrons. The summed E-state index contributed by atoms with van der Waals surface area (Å²) in [7, 11) is 0. The minimum absolute atomic E-state index is 0.160. The van der Waals surface area contributed by atoms with Crippen molar-refractivity contribution in [2.75, 3.05) is 24.6 Å². The van der Waals surface area contributed by atoms with Gasteiger partial charge in [-0.1, -0.05) is 19.1 Å². The lowest BCUT2D eigenvalue weighted by Crippen LogP contribution is -2.26. The highest BCUT2D eigenvalue weighted by Gasteiger charge is 2.06. The van der Waals surface area contributed by atoms with Gasteiger partial charge in [0.05, 0.1) is 12.7 Å². The second-order valence-corrected chi connectivity index (χ2v) is 3.82. The smallest absolute Gasteiger partial charge is 0.0787 e. The summed E-state index contributed by atoms with van der Waals surface area (Å²) in [6.07, 6.45) is 0.356. The van der Waals surface area contributed by atoms with E-state index in [9.17, 15) is 5.11 Å². The van der Waals surface area contributed by atoms with Crippen molar-refractivity contribution in [1.82, 2.24) is 0 Å². The molecule has 16 heavy (non-hydrogen) atoms. The maximum absolute atomic E-state index is 9.67. The lowest BCUT2D eigenvalue weighted by molar-refractivity contribution is 0.173. The molecule has 0 aliphatic carbocycles. The molecule has 2 N–H and O–H groups in total. The van der Waals surface area contributed by atoms with Crippen molar-refractivity contribution in [3.8, 4) is 0 Å². The summed E-state index contributed by atoms with van der Waals surface area (Å²) in [5, 5.41) is 18.6. The fraction of sp³-hybridized carbons (Fsp3) is 0.538. The Labute approximate surface area is 97.3 Å². The number of rotatable bonds is 6. The maximum atomic E-state index is 9.67. The van der Waals surface area contributed by atoms with Gasteiger partial charge in [0.25, 0.3) is 0 Å². The summed E-state index contributed by atoms with van der Waals surface area (Å²) in [4.78, 5) is 2.10. The molecular formula is C13H21NO2. The van der Waals surface area contributed by atoms with E-state index in [0.717, 1.165) is 24.2 Å². The van der Waals surface area contributed by atoms with Gasteiger partial charge in [0.15, 0.2) is 0 Å². The Morgan fingerprint density at radius 1 is 1.19 bits per heavy atom. The SMILES string of the molecule is CC[C@@H](O)c1ccc(N(CC)CCO)cc1. The quantitative estimate of drug-likeness (QED) is 0.774. The zero-order valence-corrected chi connectivity index (χ0v) is 10.1. The first kappa shape index (κ1) is 13.0. The van der Waals surface area contributed by atoms with Crippen LogP contribution in [-0.2, 0) is 0 Å². The summed E-state index contributed by atoms with van der Waals surface area (Å²) in [5.41, 5.74) is 2.04. The van der Waals surface area contributed by atoms with Gasteiger partial charge in [-0.3, -0.25) is 0 Å². The van der Waals surface area contributed by atoms with E-state index in [1.54, 1.807) is 0 Å². The molecule has 3 nitrogen and oxygen atoms in total. The topological polar surface area (TPSA) is 43.7 Å². The first-order chi connectivity index (χ1) is 7.72. The lowest BCUT2D eigenvalue weighted by Gasteiger charge is -2.22. The molecule has 0 saturated heterocycles. The summed E-state index contributed by atoms with van der Waals surface area (Å²) in [6, 6.07) is 7.88. The van der Waals surface area contributed by atoms with E-state index in [2.05, 4.69) is 11.8 Å². The molecule has 0 aliphatic heterocycles. The first-order valence-corrected chi connectivity index (χ1v) is 5.86. The average Bonchev–Trinajstić information content (AvgIpc) is 2.35. The molecule has 1 aromatic carbocycles. The van der Waals surface area contributed by atoms with Crippen molar-refractivity contribution in [2.24, 2.45) is 0 Å². The van der Waals surface area contributed by atoms with Crippen LogP contribution in [0.3, 0.4) is 0 Å². The number of benzene rings is 1. The molecule has 0 aliphatic rings. The third kappa shape index (κ3) is 3.22. The number of anilines is 1. The number of likely N-dealkylation sites (N-methyl/N-ethyl adjacent to an activating group) is 1. The van der Waals surface area contributed by atoms with E-state index in [-0.39, 0.29) is 12.7 Å². The normalized spacial score (nSPS) is 12.5. The van der Waals surface area contributed by atoms with Crippen LogP contribution >= 0.6 is 0 Å². The highest BCUT2D eigenvalue weighted by atomic mass is 16.3. The monoisotopic (exact) mass is 223 g/mol. The molecule has 0 aromatic heterocycles. The van der Waals surface area contributed by atoms with Crippen molar-refractivity contribution >= 4 is 5.69 Å². The molecule has 3 heteroatoms. The van der Waals surface area contributed by atoms with Crippen LogP contribution < -0.4 is 4.90 Å². The summed E-state index contributed by atoms with van der Waals surface area (Å²) >= 11 is 0. The van der Waals surface area contributed by atoms with Crippen LogP contribution in [0.15, 0.2) is 24.3 Å². The minimum atomic E-state index is -0.373. The van der Waals surface area contributed by atoms with Gasteiger partial charge in [-0.05, 0) is 31.0 Å². The van der Waals surface area contributed by atoms with Gasteiger partial charge in [0, 0.05) is 18.8 Å². The molecule has 1 rings (SSSR count). The van der Waals surface area contributed by atoms with Gasteiger partial charge in [-0.2, -0.15) is 0 Å². The van der Waals surface area contributed by atoms with Gasteiger partial charge in [-0.25, -0.2) is 0 Å². The number of aliphatic hydroxyl groups is 2. The van der Waals surface area contributed by atoms with Gasteiger partial charge >= 0.3 is 0 Å². The molecule has 0 heterocycles. The Morgan fingerprint density at radius 2 is 1.81 bits per heavy atom. The van der Waals surface area contributed by atoms with Gasteiger partial charge in [0.2, 0.25) is 0 Å². The fourth-order valence-corrected chi connectivity index (χ4v) is 1.73. The van der Waals surface area contributed by atoms with E-state index < -0.39 is 0 Å². The average molecular weight is 223 g/mol. The highest BCUT2D eigenvalue weighted by Crippen LogP contribution is 2.20. The van der Waals surface area contributed by atoms with E-state index in [0.29, 0.717) is 6.54 Å². The van der Waals surface area contributed by atoms with Crippen molar-refractivity contribution in [2.45, 2.75) is 26.4 Å². The molecule has 0 spiro atoms. The predicted molar refractivity (Wildman–Crippen MR) is 66.7 cm³/mol. The Bertz CT molecular complexity index is 297. The van der Waals surface area contributed by atoms with E-state index in [1.165, 1.54) is 0 Å². The highest BCUT2D eigenvalue weighted by molar-refractivity contribution is 5.47. The Kier molecular flexibility index (Phi) is 5.29. The van der Waals surface area contributed by atoms with Crippen molar-refractivity contribution in [1.29, 1.82) is 0 Å². The van der Waals surface area contributed by atoms with Gasteiger partial charge in [-0.15, -0.1) is 0 Å². The number of nitrogens with zero attached hydrogens (tertiary/aromatic N) is 1. The number of hydrogen-bond donors (Lipinski definition) is 2. The van der Waals surface area contributed by atoms with Crippen LogP contribution in [0.1, 0.15) is 31.9 Å². The Hall–Kier alpha value is -1.06. The predicted octanol–water partition coefficient (Wildman–Crippen LogP) is 1.95. The molecule has 0 fully saturated rings. The Balaban J connectivity index is 2.76. The van der Waals surface area contributed by atoms with Crippen molar-refractivity contribution < 1.29 is 10.2 Å². The maximum Gasteiger partial charge on any atom is 0.0787 e. The zero-order valence-electron chi connectivity index (χ0n) is 10.1. The van der Waals surface area contributed by atoms with Crippen LogP contribution in [0.2, 0.25) is 0 Å². The van der Waals surface area contributed by atoms with Crippen LogP contribution in [0.4, 0.5) is 5.69 Å². The third-order valence-corrected chi connectivity index (χ3v) is 2.78. The second kappa shape index (κ2) is 6.51. The summed E-state index contributed by atoms with van der Waals surface area (Å²) in [6.45, 7) is 5.70. The molecule has 1 atom stereocenters. The third-order valence-electron chi connectivity index (χ3n) is 2.78. The zero-order chi connectivity index (χ0) is 12.0. The van der Waals surface area contributed by atoms with Crippen LogP contribution in [-0.4, -0.2) is 29.9 Å². The van der Waals surface area contributed by atoms with Crippen LogP contribution in [0, 0.1) is 0 Å². The summed E-state index contributed by atoms with van der Waals surface area (Å²) < 4.78 is 0. The second-order valence-electron chi connectivity index (χ2n) is 3.82. The van der Waals surface area contributed by atoms with Crippen molar-refractivity contribution in [3.63, 3.8) is 0 Å². The Morgan fingerprint density at radius 3 is 2.25 bits per heavy atom. The standard InChI is InChI=1S/C13H21NO2/c1-3-13(16)11-5-7-12(8-6-11)14(4-2)9-10-15/h5-8,13,15-16H,3-4,9-10H2,1-2H3/t13-/m1/s1. The lowest BCUT2D eigenvalue weighted by atomic mass is 10.1. The summed E-state index contributed by atoms with van der Waals surface area (Å²) in [5.74, 6) is 0. The van der Waals surface area contributed by atoms with Gasteiger partial charge in [0.1, 0.15) is 0 Å².